The zero-order chi connectivity index (χ0) is 25.3. The summed E-state index contributed by atoms with van der Waals surface area (Å²) in [5.41, 5.74) is 7.22. The summed E-state index contributed by atoms with van der Waals surface area (Å²) >= 11 is 6.12. The maximum absolute atomic E-state index is 13.5. The van der Waals surface area contributed by atoms with Gasteiger partial charge in [0, 0.05) is 10.6 Å². The van der Waals surface area contributed by atoms with Crippen molar-refractivity contribution in [2.75, 3.05) is 10.8 Å². The van der Waals surface area contributed by atoms with Gasteiger partial charge in [-0.1, -0.05) is 65.7 Å². The van der Waals surface area contributed by atoms with Crippen molar-refractivity contribution in [3.63, 3.8) is 0 Å². The molecule has 6 nitrogen and oxygen atoms in total. The Morgan fingerprint density at radius 2 is 1.72 bits per heavy atom. The quantitative estimate of drug-likeness (QED) is 0.269. The first kappa shape index (κ1) is 24.0. The first-order chi connectivity index (χ1) is 17.3. The van der Waals surface area contributed by atoms with E-state index in [4.69, 9.17) is 11.6 Å². The SMILES string of the molecule is Cc1ccc(S(=O)(=O)N(CC(=O)N/N=C\c2ccc3c4c(cccc24)CC3)c2cccc(Cl)c2)cc1. The minimum atomic E-state index is -4.03. The van der Waals surface area contributed by atoms with Gasteiger partial charge in [-0.2, -0.15) is 5.10 Å². The van der Waals surface area contributed by atoms with E-state index in [-0.39, 0.29) is 10.6 Å². The Labute approximate surface area is 215 Å². The molecular formula is C28H24ClN3O3S. The fourth-order valence-electron chi connectivity index (χ4n) is 4.51. The summed E-state index contributed by atoms with van der Waals surface area (Å²) in [6.45, 7) is 1.41. The number of hydrazone groups is 1. The molecule has 0 heterocycles. The Morgan fingerprint density at radius 3 is 2.47 bits per heavy atom. The summed E-state index contributed by atoms with van der Waals surface area (Å²) in [5, 5.41) is 6.83. The Bertz CT molecular complexity index is 1590. The van der Waals surface area contributed by atoms with Crippen molar-refractivity contribution in [1.82, 2.24) is 5.43 Å². The molecule has 1 N–H and O–H groups in total. The summed E-state index contributed by atoms with van der Waals surface area (Å²) in [4.78, 5) is 12.9. The molecule has 0 aliphatic heterocycles. The van der Waals surface area contributed by atoms with Crippen LogP contribution in [0.3, 0.4) is 0 Å². The van der Waals surface area contributed by atoms with Crippen molar-refractivity contribution in [3.05, 3.63) is 106 Å². The van der Waals surface area contributed by atoms with Crippen LogP contribution < -0.4 is 9.73 Å². The number of sulfonamides is 1. The molecule has 0 saturated heterocycles. The van der Waals surface area contributed by atoms with Crippen LogP contribution in [0.4, 0.5) is 5.69 Å². The van der Waals surface area contributed by atoms with Gasteiger partial charge in [0.05, 0.1) is 16.8 Å². The average Bonchev–Trinajstić information content (AvgIpc) is 3.29. The number of carbonyl (C=O) groups excluding carboxylic acids is 1. The second kappa shape index (κ2) is 9.76. The zero-order valence-electron chi connectivity index (χ0n) is 19.6. The number of anilines is 1. The zero-order valence-corrected chi connectivity index (χ0v) is 21.2. The van der Waals surface area contributed by atoms with Gasteiger partial charge in [-0.25, -0.2) is 13.8 Å². The van der Waals surface area contributed by atoms with Crippen LogP contribution in [0.2, 0.25) is 5.02 Å². The molecule has 1 aliphatic carbocycles. The third-order valence-corrected chi connectivity index (χ3v) is 8.32. The molecule has 0 radical (unpaired) electrons. The predicted octanol–water partition coefficient (Wildman–Crippen LogP) is 5.25. The molecule has 5 rings (SSSR count). The molecule has 0 fully saturated rings. The Morgan fingerprint density at radius 1 is 1.00 bits per heavy atom. The third kappa shape index (κ3) is 4.72. The first-order valence-corrected chi connectivity index (χ1v) is 13.3. The maximum Gasteiger partial charge on any atom is 0.264 e. The van der Waals surface area contributed by atoms with Gasteiger partial charge in [-0.3, -0.25) is 9.10 Å². The van der Waals surface area contributed by atoms with E-state index in [1.165, 1.54) is 34.7 Å². The molecule has 0 aromatic heterocycles. The highest BCUT2D eigenvalue weighted by atomic mass is 35.5. The number of halogens is 1. The van der Waals surface area contributed by atoms with E-state index < -0.39 is 22.5 Å². The lowest BCUT2D eigenvalue weighted by atomic mass is 10.0. The number of hydrogen-bond donors (Lipinski definition) is 1. The van der Waals surface area contributed by atoms with Crippen LogP contribution in [-0.4, -0.2) is 27.1 Å². The molecule has 1 aliphatic rings. The molecule has 4 aromatic carbocycles. The monoisotopic (exact) mass is 517 g/mol. The lowest BCUT2D eigenvalue weighted by molar-refractivity contribution is -0.119. The lowest BCUT2D eigenvalue weighted by Gasteiger charge is -2.24. The summed E-state index contributed by atoms with van der Waals surface area (Å²) in [6, 6.07) is 23.2. The Hall–Kier alpha value is -3.68. The second-order valence-electron chi connectivity index (χ2n) is 8.75. The van der Waals surface area contributed by atoms with Gasteiger partial charge >= 0.3 is 0 Å². The first-order valence-electron chi connectivity index (χ1n) is 11.5. The molecule has 0 spiro atoms. The minimum absolute atomic E-state index is 0.0808. The topological polar surface area (TPSA) is 78.8 Å². The molecule has 4 aromatic rings. The van der Waals surface area contributed by atoms with Crippen molar-refractivity contribution >= 4 is 50.2 Å². The molecule has 1 amide bonds. The van der Waals surface area contributed by atoms with Crippen molar-refractivity contribution in [2.45, 2.75) is 24.7 Å². The van der Waals surface area contributed by atoms with Crippen molar-refractivity contribution in [3.8, 4) is 0 Å². The highest BCUT2D eigenvalue weighted by Crippen LogP contribution is 2.32. The van der Waals surface area contributed by atoms with Crippen molar-refractivity contribution in [2.24, 2.45) is 5.10 Å². The highest BCUT2D eigenvalue weighted by molar-refractivity contribution is 7.92. The van der Waals surface area contributed by atoms with Crippen LogP contribution in [0.5, 0.6) is 0 Å². The van der Waals surface area contributed by atoms with Crippen LogP contribution in [0, 0.1) is 6.92 Å². The van der Waals surface area contributed by atoms with Gasteiger partial charge in [0.1, 0.15) is 6.54 Å². The number of hydrogen-bond acceptors (Lipinski definition) is 4. The molecule has 0 atom stereocenters. The van der Waals surface area contributed by atoms with Gasteiger partial charge in [-0.15, -0.1) is 0 Å². The van der Waals surface area contributed by atoms with Crippen molar-refractivity contribution < 1.29 is 13.2 Å². The van der Waals surface area contributed by atoms with Crippen LogP contribution in [-0.2, 0) is 27.7 Å². The minimum Gasteiger partial charge on any atom is -0.271 e. The normalized spacial score (nSPS) is 12.8. The fourth-order valence-corrected chi connectivity index (χ4v) is 6.10. The van der Waals surface area contributed by atoms with Crippen molar-refractivity contribution in [1.29, 1.82) is 0 Å². The van der Waals surface area contributed by atoms with Crippen LogP contribution in [0.1, 0.15) is 22.3 Å². The number of amides is 1. The number of rotatable bonds is 7. The molecule has 0 saturated carbocycles. The van der Waals surface area contributed by atoms with Gasteiger partial charge < -0.3 is 0 Å². The number of aryl methyl sites for hydroxylation is 3. The molecule has 182 valence electrons. The van der Waals surface area contributed by atoms with E-state index in [2.05, 4.69) is 22.7 Å². The standard InChI is InChI=1S/C28H24ClN3O3S/c1-19-8-14-25(15-9-19)36(34,35)32(24-6-3-5-23(29)16-24)18-27(33)31-30-17-22-13-12-21-11-10-20-4-2-7-26(22)28(20)21/h2-9,12-17H,10-11,18H2,1H3,(H,31,33)/b30-17-. The van der Waals surface area contributed by atoms with E-state index in [1.54, 1.807) is 36.5 Å². The van der Waals surface area contributed by atoms with E-state index in [1.807, 2.05) is 25.1 Å². The average molecular weight is 518 g/mol. The molecule has 0 bridgehead atoms. The number of nitrogens with one attached hydrogen (secondary N) is 1. The van der Waals surface area contributed by atoms with Crippen LogP contribution in [0.15, 0.2) is 88.9 Å². The van der Waals surface area contributed by atoms with Gasteiger partial charge in [0.15, 0.2) is 0 Å². The van der Waals surface area contributed by atoms with E-state index in [9.17, 15) is 13.2 Å². The Balaban J connectivity index is 1.39. The lowest BCUT2D eigenvalue weighted by Crippen LogP contribution is -2.39. The second-order valence-corrected chi connectivity index (χ2v) is 11.1. The van der Waals surface area contributed by atoms with Gasteiger partial charge in [0.2, 0.25) is 0 Å². The number of benzene rings is 4. The van der Waals surface area contributed by atoms with Crippen LogP contribution >= 0.6 is 11.6 Å². The molecule has 8 heteroatoms. The van der Waals surface area contributed by atoms with E-state index in [0.717, 1.165) is 33.7 Å². The Kier molecular flexibility index (Phi) is 6.51. The third-order valence-electron chi connectivity index (χ3n) is 6.30. The molecular weight excluding hydrogens is 494 g/mol. The number of nitrogens with zero attached hydrogens (tertiary/aromatic N) is 2. The summed E-state index contributed by atoms with van der Waals surface area (Å²) in [5.74, 6) is -0.576. The summed E-state index contributed by atoms with van der Waals surface area (Å²) in [6.07, 6.45) is 3.65. The van der Waals surface area contributed by atoms with Gasteiger partial charge in [-0.05, 0) is 72.0 Å². The summed E-state index contributed by atoms with van der Waals surface area (Å²) in [7, 11) is -4.03. The van der Waals surface area contributed by atoms with Gasteiger partial charge in [0.25, 0.3) is 15.9 Å². The summed E-state index contributed by atoms with van der Waals surface area (Å²) < 4.78 is 28.0. The predicted molar refractivity (Wildman–Crippen MR) is 144 cm³/mol. The smallest absolute Gasteiger partial charge is 0.264 e. The maximum atomic E-state index is 13.5. The largest absolute Gasteiger partial charge is 0.271 e. The highest BCUT2D eigenvalue weighted by Gasteiger charge is 2.27. The molecule has 36 heavy (non-hydrogen) atoms. The number of carbonyl (C=O) groups is 1. The molecule has 0 unspecified atom stereocenters. The fraction of sp³-hybridized carbons (Fsp3) is 0.143. The van der Waals surface area contributed by atoms with E-state index >= 15 is 0 Å². The van der Waals surface area contributed by atoms with Crippen LogP contribution in [0.25, 0.3) is 10.8 Å². The van der Waals surface area contributed by atoms with E-state index in [0.29, 0.717) is 5.02 Å².